The minimum atomic E-state index is -0.464. The zero-order valence-corrected chi connectivity index (χ0v) is 14.3. The molecule has 3 heteroatoms. The largest absolute Gasteiger partial charge is 0.361 e. The number of rotatable bonds is 5. The summed E-state index contributed by atoms with van der Waals surface area (Å²) in [5.41, 5.74) is 2.92. The molecular formula is C22H21NO2. The van der Waals surface area contributed by atoms with E-state index in [2.05, 4.69) is 18.4 Å². The lowest BCUT2D eigenvalue weighted by atomic mass is 9.90. The van der Waals surface area contributed by atoms with Crippen LogP contribution in [0.15, 0.2) is 72.8 Å². The molecule has 1 heterocycles. The lowest BCUT2D eigenvalue weighted by Gasteiger charge is -2.46. The number of likely N-dealkylation sites (tertiary alicyclic amines) is 1. The maximum atomic E-state index is 12.6. The van der Waals surface area contributed by atoms with Gasteiger partial charge in [0.25, 0.3) is 5.91 Å². The van der Waals surface area contributed by atoms with Gasteiger partial charge in [-0.3, -0.25) is 4.79 Å². The predicted octanol–water partition coefficient (Wildman–Crippen LogP) is 3.73. The summed E-state index contributed by atoms with van der Waals surface area (Å²) in [5.74, 6) is 5.93. The fourth-order valence-corrected chi connectivity index (χ4v) is 2.90. The van der Waals surface area contributed by atoms with Crippen molar-refractivity contribution in [2.45, 2.75) is 25.7 Å². The van der Waals surface area contributed by atoms with Crippen molar-refractivity contribution in [2.75, 3.05) is 6.54 Å². The van der Waals surface area contributed by atoms with E-state index in [4.69, 9.17) is 4.74 Å². The number of nitrogens with zero attached hydrogens (tertiary/aromatic N) is 1. The molecule has 0 radical (unpaired) electrons. The molecule has 0 N–H and O–H groups in total. The Kier molecular flexibility index (Phi) is 5.33. The molecule has 25 heavy (non-hydrogen) atoms. The van der Waals surface area contributed by atoms with E-state index >= 15 is 0 Å². The average molecular weight is 331 g/mol. The Balaban J connectivity index is 1.74. The van der Waals surface area contributed by atoms with Crippen LogP contribution >= 0.6 is 0 Å². The smallest absolute Gasteiger partial charge is 0.255 e. The van der Waals surface area contributed by atoms with Crippen molar-refractivity contribution in [1.29, 1.82) is 0 Å². The molecule has 2 aromatic carbocycles. The van der Waals surface area contributed by atoms with Crippen LogP contribution in [-0.4, -0.2) is 23.5 Å². The molecular weight excluding hydrogens is 310 g/mol. The van der Waals surface area contributed by atoms with Crippen LogP contribution in [0.1, 0.15) is 24.1 Å². The summed E-state index contributed by atoms with van der Waals surface area (Å²) in [7, 11) is 0. The van der Waals surface area contributed by atoms with Gasteiger partial charge < -0.3 is 9.64 Å². The molecule has 126 valence electrons. The van der Waals surface area contributed by atoms with Crippen LogP contribution in [0.2, 0.25) is 0 Å². The highest BCUT2D eigenvalue weighted by Gasteiger charge is 2.48. The molecule has 0 aliphatic carbocycles. The maximum absolute atomic E-state index is 12.6. The van der Waals surface area contributed by atoms with E-state index in [9.17, 15) is 4.79 Å². The van der Waals surface area contributed by atoms with Gasteiger partial charge in [-0.25, -0.2) is 0 Å². The molecule has 3 rings (SSSR count). The highest BCUT2D eigenvalue weighted by atomic mass is 16.5. The van der Waals surface area contributed by atoms with Crippen molar-refractivity contribution < 1.29 is 9.53 Å². The van der Waals surface area contributed by atoms with Gasteiger partial charge in [-0.1, -0.05) is 79.1 Å². The zero-order chi connectivity index (χ0) is 17.6. The first-order valence-electron chi connectivity index (χ1n) is 8.32. The molecule has 0 saturated carbocycles. The van der Waals surface area contributed by atoms with Crippen LogP contribution in [0.3, 0.4) is 0 Å². The highest BCUT2D eigenvalue weighted by Crippen LogP contribution is 2.37. The number of β-lactam (4-membered cyclic amide) rings is 1. The van der Waals surface area contributed by atoms with E-state index in [1.54, 1.807) is 4.90 Å². The summed E-state index contributed by atoms with van der Waals surface area (Å²) < 4.78 is 5.94. The van der Waals surface area contributed by atoms with Crippen LogP contribution in [0.25, 0.3) is 0 Å². The van der Waals surface area contributed by atoms with Gasteiger partial charge in [-0.05, 0) is 23.6 Å². The second-order valence-corrected chi connectivity index (χ2v) is 6.12. The van der Waals surface area contributed by atoms with Crippen LogP contribution < -0.4 is 0 Å². The van der Waals surface area contributed by atoms with Gasteiger partial charge in [0.15, 0.2) is 6.10 Å². The first-order valence-corrected chi connectivity index (χ1v) is 8.32. The SMILES string of the molecule is C=C(C)C#CCN1C(=O)[C@@H](OCc2ccccc2)[C@H]1c1ccccc1. The Morgan fingerprint density at radius 1 is 1.12 bits per heavy atom. The number of hydrogen-bond donors (Lipinski definition) is 0. The number of hydrogen-bond acceptors (Lipinski definition) is 2. The summed E-state index contributed by atoms with van der Waals surface area (Å²) in [5, 5.41) is 0. The zero-order valence-electron chi connectivity index (χ0n) is 14.3. The van der Waals surface area contributed by atoms with Crippen molar-refractivity contribution in [1.82, 2.24) is 4.90 Å². The monoisotopic (exact) mass is 331 g/mol. The van der Waals surface area contributed by atoms with Crippen LogP contribution in [0.4, 0.5) is 0 Å². The lowest BCUT2D eigenvalue weighted by Crippen LogP contribution is -2.59. The Morgan fingerprint density at radius 2 is 1.76 bits per heavy atom. The van der Waals surface area contributed by atoms with Crippen LogP contribution in [0, 0.1) is 11.8 Å². The second-order valence-electron chi connectivity index (χ2n) is 6.12. The van der Waals surface area contributed by atoms with Crippen LogP contribution in [0.5, 0.6) is 0 Å². The van der Waals surface area contributed by atoms with E-state index in [1.165, 1.54) is 0 Å². The number of ether oxygens (including phenoxy) is 1. The molecule has 1 amide bonds. The molecule has 1 fully saturated rings. The summed E-state index contributed by atoms with van der Waals surface area (Å²) >= 11 is 0. The molecule has 0 spiro atoms. The van der Waals surface area contributed by atoms with Crippen LogP contribution in [-0.2, 0) is 16.1 Å². The highest BCUT2D eigenvalue weighted by molar-refractivity contribution is 5.89. The summed E-state index contributed by atoms with van der Waals surface area (Å²) in [4.78, 5) is 14.3. The van der Waals surface area contributed by atoms with Crippen molar-refractivity contribution >= 4 is 5.91 Å². The minimum Gasteiger partial charge on any atom is -0.361 e. The van der Waals surface area contributed by atoms with Crippen molar-refractivity contribution in [3.8, 4) is 11.8 Å². The molecule has 0 unspecified atom stereocenters. The number of allylic oxidation sites excluding steroid dienone is 1. The molecule has 3 nitrogen and oxygen atoms in total. The molecule has 0 aromatic heterocycles. The summed E-state index contributed by atoms with van der Waals surface area (Å²) in [6, 6.07) is 19.8. The first kappa shape index (κ1) is 17.0. The number of carbonyl (C=O) groups is 1. The fraction of sp³-hybridized carbons (Fsp3) is 0.227. The molecule has 2 aromatic rings. The van der Waals surface area contributed by atoms with E-state index in [1.807, 2.05) is 67.6 Å². The third kappa shape index (κ3) is 3.99. The lowest BCUT2D eigenvalue weighted by molar-refractivity contribution is -0.175. The van der Waals surface area contributed by atoms with Gasteiger partial charge in [0.05, 0.1) is 19.2 Å². The number of benzene rings is 2. The van der Waals surface area contributed by atoms with Gasteiger partial charge >= 0.3 is 0 Å². The second kappa shape index (κ2) is 7.83. The Bertz CT molecular complexity index is 802. The summed E-state index contributed by atoms with van der Waals surface area (Å²) in [6.07, 6.45) is -0.464. The van der Waals surface area contributed by atoms with Gasteiger partial charge in [-0.15, -0.1) is 0 Å². The van der Waals surface area contributed by atoms with Gasteiger partial charge in [0, 0.05) is 0 Å². The first-order chi connectivity index (χ1) is 12.2. The molecule has 0 bridgehead atoms. The Hall–Kier alpha value is -2.83. The maximum Gasteiger partial charge on any atom is 0.255 e. The third-order valence-corrected chi connectivity index (χ3v) is 4.11. The quantitative estimate of drug-likeness (QED) is 0.617. The van der Waals surface area contributed by atoms with Gasteiger partial charge in [0.2, 0.25) is 0 Å². The van der Waals surface area contributed by atoms with E-state index in [0.717, 1.165) is 16.7 Å². The summed E-state index contributed by atoms with van der Waals surface area (Å²) in [6.45, 7) is 6.43. The molecule has 1 saturated heterocycles. The van der Waals surface area contributed by atoms with Crippen molar-refractivity contribution in [3.63, 3.8) is 0 Å². The number of carbonyl (C=O) groups excluding carboxylic acids is 1. The fourth-order valence-electron chi connectivity index (χ4n) is 2.90. The third-order valence-electron chi connectivity index (χ3n) is 4.11. The van der Waals surface area contributed by atoms with E-state index < -0.39 is 6.10 Å². The Labute approximate surface area is 148 Å². The van der Waals surface area contributed by atoms with Crippen molar-refractivity contribution in [3.05, 3.63) is 83.9 Å². The average Bonchev–Trinajstić information content (AvgIpc) is 2.63. The van der Waals surface area contributed by atoms with Gasteiger partial charge in [-0.2, -0.15) is 0 Å². The Morgan fingerprint density at radius 3 is 2.40 bits per heavy atom. The molecule has 1 aliphatic heterocycles. The minimum absolute atomic E-state index is 0.0131. The van der Waals surface area contributed by atoms with Gasteiger partial charge in [0.1, 0.15) is 0 Å². The van der Waals surface area contributed by atoms with E-state index in [-0.39, 0.29) is 11.9 Å². The predicted molar refractivity (Wildman–Crippen MR) is 98.5 cm³/mol. The topological polar surface area (TPSA) is 29.5 Å². The normalized spacial score (nSPS) is 18.9. The number of amides is 1. The van der Waals surface area contributed by atoms with E-state index in [0.29, 0.717) is 13.2 Å². The van der Waals surface area contributed by atoms with Crippen molar-refractivity contribution in [2.24, 2.45) is 0 Å². The molecule has 2 atom stereocenters. The standard InChI is InChI=1S/C22H21NO2/c1-17(2)10-9-15-23-20(19-13-7-4-8-14-19)21(22(23)24)25-16-18-11-5-3-6-12-18/h3-8,11-14,20-21H,1,15-16H2,2H3/t20-,21+/m1/s1. The molecule has 1 aliphatic rings.